The molecule has 96 valence electrons. The molecule has 2 rings (SSSR count). The summed E-state index contributed by atoms with van der Waals surface area (Å²) in [4.78, 5) is 24.0. The van der Waals surface area contributed by atoms with Crippen molar-refractivity contribution in [2.75, 3.05) is 11.4 Å². The Balaban J connectivity index is 2.48. The van der Waals surface area contributed by atoms with Crippen LogP contribution in [0.5, 0.6) is 0 Å². The van der Waals surface area contributed by atoms with Crippen molar-refractivity contribution >= 4 is 33.4 Å². The molecule has 2 amide bonds. The van der Waals surface area contributed by atoms with Crippen LogP contribution in [0.25, 0.3) is 0 Å². The van der Waals surface area contributed by atoms with Gasteiger partial charge < -0.3 is 5.32 Å². The average molecular weight is 319 g/mol. The molecule has 0 radical (unpaired) electrons. The van der Waals surface area contributed by atoms with Crippen molar-refractivity contribution in [1.82, 2.24) is 5.32 Å². The fraction of sp³-hybridized carbons (Fsp3) is 0.273. The van der Waals surface area contributed by atoms with Gasteiger partial charge in [0, 0.05) is 4.47 Å². The van der Waals surface area contributed by atoms with Gasteiger partial charge in [-0.15, -0.1) is 0 Å². The molecule has 1 unspecified atom stereocenters. The number of benzene rings is 1. The second kappa shape index (κ2) is 4.64. The number of nitrogens with zero attached hydrogens (tertiary/aromatic N) is 1. The molecule has 0 bridgehead atoms. The van der Waals surface area contributed by atoms with Crippen molar-refractivity contribution in [1.29, 1.82) is 0 Å². The quantitative estimate of drug-likeness (QED) is 0.854. The molecule has 0 aliphatic carbocycles. The molecule has 1 saturated heterocycles. The first kappa shape index (κ1) is 12.9. The number of hydrogen-bond acceptors (Lipinski definition) is 2. The van der Waals surface area contributed by atoms with E-state index in [0.717, 1.165) is 17.0 Å². The second-order valence-corrected chi connectivity index (χ2v) is 4.85. The molecule has 1 fully saturated rings. The standard InChI is InChI=1S/C11H9BrF2N2O2/c1-5-11(18)16(4-9(17)15-5)10-7(13)2-6(12)3-8(10)14/h2-3,5H,4H2,1H3,(H,15,17). The van der Waals surface area contributed by atoms with Crippen molar-refractivity contribution in [3.8, 4) is 0 Å². The number of anilines is 1. The van der Waals surface area contributed by atoms with E-state index in [0.29, 0.717) is 0 Å². The molecule has 1 aromatic carbocycles. The molecule has 1 heterocycles. The third-order valence-corrected chi connectivity index (χ3v) is 3.03. The van der Waals surface area contributed by atoms with Crippen molar-refractivity contribution < 1.29 is 18.4 Å². The molecule has 0 saturated carbocycles. The van der Waals surface area contributed by atoms with E-state index in [1.807, 2.05) is 0 Å². The summed E-state index contributed by atoms with van der Waals surface area (Å²) in [5.74, 6) is -2.78. The number of amides is 2. The maximum absolute atomic E-state index is 13.7. The zero-order chi connectivity index (χ0) is 13.4. The van der Waals surface area contributed by atoms with Gasteiger partial charge >= 0.3 is 0 Å². The Bertz CT molecular complexity index is 513. The van der Waals surface area contributed by atoms with Crippen LogP contribution in [0.2, 0.25) is 0 Å². The van der Waals surface area contributed by atoms with Crippen LogP contribution in [0, 0.1) is 11.6 Å². The van der Waals surface area contributed by atoms with Gasteiger partial charge in [0.05, 0.1) is 0 Å². The summed E-state index contributed by atoms with van der Waals surface area (Å²) in [5.41, 5.74) is -0.495. The summed E-state index contributed by atoms with van der Waals surface area (Å²) in [6.07, 6.45) is 0. The van der Waals surface area contributed by atoms with E-state index in [9.17, 15) is 18.4 Å². The van der Waals surface area contributed by atoms with E-state index in [-0.39, 0.29) is 4.47 Å². The Morgan fingerprint density at radius 1 is 1.33 bits per heavy atom. The molecular formula is C11H9BrF2N2O2. The summed E-state index contributed by atoms with van der Waals surface area (Å²) in [6.45, 7) is 1.07. The molecule has 18 heavy (non-hydrogen) atoms. The zero-order valence-corrected chi connectivity index (χ0v) is 10.9. The lowest BCUT2D eigenvalue weighted by atomic mass is 10.1. The van der Waals surface area contributed by atoms with Crippen LogP contribution in [0.1, 0.15) is 6.92 Å². The molecule has 0 spiro atoms. The van der Waals surface area contributed by atoms with Gasteiger partial charge in [0.2, 0.25) is 11.8 Å². The normalized spacial score (nSPS) is 20.0. The van der Waals surface area contributed by atoms with Crippen LogP contribution in [0.15, 0.2) is 16.6 Å². The largest absolute Gasteiger partial charge is 0.343 e. The molecule has 4 nitrogen and oxygen atoms in total. The Morgan fingerprint density at radius 3 is 2.44 bits per heavy atom. The highest BCUT2D eigenvalue weighted by atomic mass is 79.9. The van der Waals surface area contributed by atoms with E-state index < -0.39 is 41.7 Å². The molecule has 1 atom stereocenters. The molecule has 1 N–H and O–H groups in total. The van der Waals surface area contributed by atoms with Crippen LogP contribution in [0.4, 0.5) is 14.5 Å². The molecular weight excluding hydrogens is 310 g/mol. The van der Waals surface area contributed by atoms with E-state index in [1.165, 1.54) is 6.92 Å². The highest BCUT2D eigenvalue weighted by Gasteiger charge is 2.33. The summed E-state index contributed by atoms with van der Waals surface area (Å²) in [5, 5.41) is 2.39. The van der Waals surface area contributed by atoms with Crippen LogP contribution in [-0.2, 0) is 9.59 Å². The minimum absolute atomic E-state index is 0.225. The number of nitrogens with one attached hydrogen (secondary N) is 1. The van der Waals surface area contributed by atoms with Crippen LogP contribution >= 0.6 is 15.9 Å². The van der Waals surface area contributed by atoms with Gasteiger partial charge in [-0.3, -0.25) is 14.5 Å². The lowest BCUT2D eigenvalue weighted by Gasteiger charge is -2.31. The summed E-state index contributed by atoms with van der Waals surface area (Å²) >= 11 is 2.95. The smallest absolute Gasteiger partial charge is 0.249 e. The maximum atomic E-state index is 13.7. The van der Waals surface area contributed by atoms with Crippen LogP contribution in [0.3, 0.4) is 0 Å². The Kier molecular flexibility index (Phi) is 3.34. The molecule has 7 heteroatoms. The molecule has 1 aliphatic heterocycles. The Hall–Kier alpha value is -1.50. The van der Waals surface area contributed by atoms with E-state index in [4.69, 9.17) is 0 Å². The number of piperazine rings is 1. The van der Waals surface area contributed by atoms with Gasteiger partial charge in [-0.05, 0) is 19.1 Å². The van der Waals surface area contributed by atoms with Crippen LogP contribution < -0.4 is 10.2 Å². The minimum Gasteiger partial charge on any atom is -0.343 e. The predicted octanol–water partition coefficient (Wildman–Crippen LogP) is 1.58. The van der Waals surface area contributed by atoms with E-state index >= 15 is 0 Å². The highest BCUT2D eigenvalue weighted by molar-refractivity contribution is 9.10. The molecule has 1 aliphatic rings. The first-order chi connectivity index (χ1) is 8.40. The van der Waals surface area contributed by atoms with Crippen molar-refractivity contribution in [2.24, 2.45) is 0 Å². The predicted molar refractivity (Wildman–Crippen MR) is 64.0 cm³/mol. The lowest BCUT2D eigenvalue weighted by Crippen LogP contribution is -2.57. The fourth-order valence-electron chi connectivity index (χ4n) is 1.79. The van der Waals surface area contributed by atoms with Gasteiger partial charge in [-0.25, -0.2) is 8.78 Å². The topological polar surface area (TPSA) is 49.4 Å². The average Bonchev–Trinajstić information content (AvgIpc) is 2.23. The molecule has 1 aromatic rings. The summed E-state index contributed by atoms with van der Waals surface area (Å²) < 4.78 is 27.7. The Morgan fingerprint density at radius 2 is 1.89 bits per heavy atom. The maximum Gasteiger partial charge on any atom is 0.249 e. The van der Waals surface area contributed by atoms with Gasteiger partial charge in [0.1, 0.15) is 18.3 Å². The van der Waals surface area contributed by atoms with Crippen molar-refractivity contribution in [3.05, 3.63) is 28.2 Å². The number of carbonyl (C=O) groups is 2. The summed E-state index contributed by atoms with van der Waals surface area (Å²) in [6, 6.07) is 1.29. The minimum atomic E-state index is -0.892. The molecule has 0 aromatic heterocycles. The number of halogens is 3. The number of carbonyl (C=O) groups excluding carboxylic acids is 2. The van der Waals surface area contributed by atoms with Crippen molar-refractivity contribution in [3.63, 3.8) is 0 Å². The van der Waals surface area contributed by atoms with Gasteiger partial charge in [-0.2, -0.15) is 0 Å². The Labute approximate surface area is 110 Å². The third kappa shape index (κ3) is 2.22. The lowest BCUT2D eigenvalue weighted by molar-refractivity contribution is -0.130. The SMILES string of the molecule is CC1NC(=O)CN(c2c(F)cc(Br)cc2F)C1=O. The number of rotatable bonds is 1. The second-order valence-electron chi connectivity index (χ2n) is 3.93. The summed E-state index contributed by atoms with van der Waals surface area (Å²) in [7, 11) is 0. The number of hydrogen-bond donors (Lipinski definition) is 1. The fourth-order valence-corrected chi connectivity index (χ4v) is 2.19. The van der Waals surface area contributed by atoms with Crippen LogP contribution in [-0.4, -0.2) is 24.4 Å². The zero-order valence-electron chi connectivity index (χ0n) is 9.34. The third-order valence-electron chi connectivity index (χ3n) is 2.57. The monoisotopic (exact) mass is 318 g/mol. The van der Waals surface area contributed by atoms with Gasteiger partial charge in [0.25, 0.3) is 0 Å². The van der Waals surface area contributed by atoms with E-state index in [1.54, 1.807) is 0 Å². The van der Waals surface area contributed by atoms with Crippen molar-refractivity contribution in [2.45, 2.75) is 13.0 Å². The first-order valence-corrected chi connectivity index (χ1v) is 5.94. The van der Waals surface area contributed by atoms with E-state index in [2.05, 4.69) is 21.2 Å². The highest BCUT2D eigenvalue weighted by Crippen LogP contribution is 2.28. The van der Waals surface area contributed by atoms with Gasteiger partial charge in [0.15, 0.2) is 11.6 Å². The first-order valence-electron chi connectivity index (χ1n) is 5.15. The van der Waals surface area contributed by atoms with Gasteiger partial charge in [-0.1, -0.05) is 15.9 Å².